The molecule has 1 N–H and O–H groups in total. The molecule has 2 rings (SSSR count). The fourth-order valence-corrected chi connectivity index (χ4v) is 3.03. The van der Waals surface area contributed by atoms with Crippen LogP contribution in [-0.4, -0.2) is 42.3 Å². The Morgan fingerprint density at radius 2 is 2.00 bits per heavy atom. The number of aromatic nitrogens is 1. The van der Waals surface area contributed by atoms with E-state index >= 15 is 0 Å². The number of likely N-dealkylation sites (tertiary alicyclic amines) is 1. The lowest BCUT2D eigenvalue weighted by molar-refractivity contribution is 0.0972. The van der Waals surface area contributed by atoms with Gasteiger partial charge in [-0.05, 0) is 32.9 Å². The average molecular weight is 326 g/mol. The van der Waals surface area contributed by atoms with Gasteiger partial charge < -0.3 is 10.2 Å². The van der Waals surface area contributed by atoms with E-state index in [2.05, 4.69) is 15.2 Å². The predicted octanol–water partition coefficient (Wildman–Crippen LogP) is 3.01. The van der Waals surface area contributed by atoms with Crippen LogP contribution in [0.3, 0.4) is 0 Å². The van der Waals surface area contributed by atoms with Crippen LogP contribution in [0.25, 0.3) is 0 Å². The van der Waals surface area contributed by atoms with Crippen molar-refractivity contribution in [1.82, 2.24) is 9.88 Å². The van der Waals surface area contributed by atoms with E-state index in [4.69, 9.17) is 0 Å². The van der Waals surface area contributed by atoms with Gasteiger partial charge in [0.2, 0.25) is 0 Å². The summed E-state index contributed by atoms with van der Waals surface area (Å²) in [4.78, 5) is 19.6. The van der Waals surface area contributed by atoms with E-state index in [0.717, 1.165) is 35.3 Å². The van der Waals surface area contributed by atoms with Crippen molar-refractivity contribution in [3.63, 3.8) is 0 Å². The molecule has 1 aliphatic heterocycles. The molecular formula is C12H21Cl2N3OS. The number of ketones is 1. The summed E-state index contributed by atoms with van der Waals surface area (Å²) >= 11 is 1.46. The standard InChI is InChI=1S/C12H19N3OS.2ClH/c1-9-11(17-12(13-2)14-9)10(16)5-8-15-6-3-4-7-15;;/h3-8H2,1-2H3,(H,13,14);2*1H. The van der Waals surface area contributed by atoms with Gasteiger partial charge in [-0.15, -0.1) is 24.8 Å². The van der Waals surface area contributed by atoms with Crippen LogP contribution in [0.2, 0.25) is 0 Å². The van der Waals surface area contributed by atoms with Crippen LogP contribution in [0.5, 0.6) is 0 Å². The van der Waals surface area contributed by atoms with Gasteiger partial charge >= 0.3 is 0 Å². The van der Waals surface area contributed by atoms with Crippen LogP contribution in [0, 0.1) is 6.92 Å². The average Bonchev–Trinajstić information content (AvgIpc) is 2.94. The van der Waals surface area contributed by atoms with Crippen molar-refractivity contribution >= 4 is 47.1 Å². The number of nitrogens with one attached hydrogen (secondary N) is 1. The minimum Gasteiger partial charge on any atom is -0.365 e. The van der Waals surface area contributed by atoms with Gasteiger partial charge in [0, 0.05) is 20.0 Å². The molecule has 1 aliphatic rings. The highest BCUT2D eigenvalue weighted by molar-refractivity contribution is 7.17. The molecule has 1 aromatic heterocycles. The number of anilines is 1. The Morgan fingerprint density at radius 3 is 2.53 bits per heavy atom. The zero-order valence-electron chi connectivity index (χ0n) is 11.3. The summed E-state index contributed by atoms with van der Waals surface area (Å²) in [5.41, 5.74) is 0.853. The van der Waals surface area contributed by atoms with Gasteiger partial charge in [0.05, 0.1) is 10.6 Å². The molecule has 110 valence electrons. The van der Waals surface area contributed by atoms with Gasteiger partial charge in [0.25, 0.3) is 0 Å². The Bertz CT molecular complexity index is 406. The van der Waals surface area contributed by atoms with Crippen molar-refractivity contribution < 1.29 is 4.79 Å². The SMILES string of the molecule is CNc1nc(C)c(C(=O)CCN2CCCC2)s1.Cl.Cl. The number of aryl methyl sites for hydroxylation is 1. The van der Waals surface area contributed by atoms with Crippen LogP contribution in [0.15, 0.2) is 0 Å². The van der Waals surface area contributed by atoms with Crippen molar-refractivity contribution in [3.05, 3.63) is 10.6 Å². The highest BCUT2D eigenvalue weighted by atomic mass is 35.5. The van der Waals surface area contributed by atoms with Gasteiger partial charge in [0.15, 0.2) is 10.9 Å². The molecule has 0 atom stereocenters. The molecule has 1 saturated heterocycles. The van der Waals surface area contributed by atoms with E-state index < -0.39 is 0 Å². The number of carbonyl (C=O) groups is 1. The Balaban J connectivity index is 0.00000162. The molecule has 1 fully saturated rings. The van der Waals surface area contributed by atoms with Crippen molar-refractivity contribution in [2.75, 3.05) is 32.0 Å². The van der Waals surface area contributed by atoms with Crippen LogP contribution >= 0.6 is 36.2 Å². The summed E-state index contributed by atoms with van der Waals surface area (Å²) in [7, 11) is 1.83. The molecule has 19 heavy (non-hydrogen) atoms. The van der Waals surface area contributed by atoms with E-state index in [1.807, 2.05) is 14.0 Å². The first-order valence-corrected chi connectivity index (χ1v) is 6.93. The molecule has 0 aromatic carbocycles. The van der Waals surface area contributed by atoms with Crippen molar-refractivity contribution in [1.29, 1.82) is 0 Å². The molecule has 0 radical (unpaired) electrons. The third-order valence-electron chi connectivity index (χ3n) is 3.12. The molecule has 0 aliphatic carbocycles. The Morgan fingerprint density at radius 1 is 1.37 bits per heavy atom. The zero-order chi connectivity index (χ0) is 12.3. The number of halogens is 2. The molecule has 4 nitrogen and oxygen atoms in total. The van der Waals surface area contributed by atoms with Crippen molar-refractivity contribution in [2.24, 2.45) is 0 Å². The molecule has 0 bridgehead atoms. The number of nitrogens with zero attached hydrogens (tertiary/aromatic N) is 2. The molecule has 2 heterocycles. The minimum atomic E-state index is 0. The number of hydrogen-bond donors (Lipinski definition) is 1. The third kappa shape index (κ3) is 4.91. The van der Waals surface area contributed by atoms with E-state index in [-0.39, 0.29) is 30.6 Å². The molecular weight excluding hydrogens is 305 g/mol. The first kappa shape index (κ1) is 18.6. The topological polar surface area (TPSA) is 45.2 Å². The molecule has 0 unspecified atom stereocenters. The van der Waals surface area contributed by atoms with Gasteiger partial charge in [-0.2, -0.15) is 0 Å². The summed E-state index contributed by atoms with van der Waals surface area (Å²) < 4.78 is 0. The number of Topliss-reactive ketones (excluding diaryl/α,β-unsaturated/α-hetero) is 1. The molecule has 1 aromatic rings. The van der Waals surface area contributed by atoms with E-state index in [9.17, 15) is 4.79 Å². The first-order chi connectivity index (χ1) is 8.20. The molecule has 0 spiro atoms. The Hall–Kier alpha value is -0.360. The van der Waals surface area contributed by atoms with E-state index in [0.29, 0.717) is 6.42 Å². The summed E-state index contributed by atoms with van der Waals surface area (Å²) in [6, 6.07) is 0. The predicted molar refractivity (Wildman–Crippen MR) is 85.5 cm³/mol. The Kier molecular flexibility index (Phi) is 8.57. The largest absolute Gasteiger partial charge is 0.365 e. The molecule has 0 saturated carbocycles. The van der Waals surface area contributed by atoms with E-state index in [1.165, 1.54) is 24.2 Å². The fourth-order valence-electron chi connectivity index (χ4n) is 2.14. The second-order valence-electron chi connectivity index (χ2n) is 4.41. The van der Waals surface area contributed by atoms with Crippen LogP contribution in [0.4, 0.5) is 5.13 Å². The van der Waals surface area contributed by atoms with Crippen molar-refractivity contribution in [3.8, 4) is 0 Å². The second-order valence-corrected chi connectivity index (χ2v) is 5.40. The monoisotopic (exact) mass is 325 g/mol. The van der Waals surface area contributed by atoms with Crippen molar-refractivity contribution in [2.45, 2.75) is 26.2 Å². The maximum absolute atomic E-state index is 12.1. The third-order valence-corrected chi connectivity index (χ3v) is 4.33. The number of rotatable bonds is 5. The number of hydrogen-bond acceptors (Lipinski definition) is 5. The van der Waals surface area contributed by atoms with Gasteiger partial charge in [-0.1, -0.05) is 11.3 Å². The highest BCUT2D eigenvalue weighted by Crippen LogP contribution is 2.23. The van der Waals surface area contributed by atoms with Gasteiger partial charge in [0.1, 0.15) is 0 Å². The van der Waals surface area contributed by atoms with Crippen LogP contribution in [-0.2, 0) is 0 Å². The molecule has 7 heteroatoms. The smallest absolute Gasteiger partial charge is 0.183 e. The summed E-state index contributed by atoms with van der Waals surface area (Å²) in [6.07, 6.45) is 3.17. The Labute approximate surface area is 130 Å². The maximum atomic E-state index is 12.1. The summed E-state index contributed by atoms with van der Waals surface area (Å²) in [5, 5.41) is 3.81. The minimum absolute atomic E-state index is 0. The van der Waals surface area contributed by atoms with Gasteiger partial charge in [-0.25, -0.2) is 4.98 Å². The summed E-state index contributed by atoms with van der Waals surface area (Å²) in [5.74, 6) is 0.230. The fraction of sp³-hybridized carbons (Fsp3) is 0.667. The molecule has 0 amide bonds. The normalized spacial score (nSPS) is 14.6. The highest BCUT2D eigenvalue weighted by Gasteiger charge is 2.17. The van der Waals surface area contributed by atoms with E-state index in [1.54, 1.807) is 0 Å². The maximum Gasteiger partial charge on any atom is 0.183 e. The quantitative estimate of drug-likeness (QED) is 0.845. The number of thiazole rings is 1. The zero-order valence-corrected chi connectivity index (χ0v) is 13.7. The van der Waals surface area contributed by atoms with Crippen LogP contribution in [0.1, 0.15) is 34.6 Å². The lowest BCUT2D eigenvalue weighted by Crippen LogP contribution is -2.22. The summed E-state index contributed by atoms with van der Waals surface area (Å²) in [6.45, 7) is 5.10. The lowest BCUT2D eigenvalue weighted by atomic mass is 10.2. The second kappa shape index (κ2) is 8.74. The lowest BCUT2D eigenvalue weighted by Gasteiger charge is -2.12. The first-order valence-electron chi connectivity index (χ1n) is 6.11. The van der Waals surface area contributed by atoms with Crippen LogP contribution < -0.4 is 5.32 Å². The van der Waals surface area contributed by atoms with Gasteiger partial charge in [-0.3, -0.25) is 4.79 Å². The number of carbonyl (C=O) groups excluding carboxylic acids is 1.